The van der Waals surface area contributed by atoms with Gasteiger partial charge in [0.05, 0.1) is 11.8 Å². The SMILES string of the molecule is O=C(c1ccco1)N1CCN(c2ncccc2C(=O)N2CCCCC2CCO)CC1. The Balaban J connectivity index is 1.47. The highest BCUT2D eigenvalue weighted by Crippen LogP contribution is 2.26. The molecule has 160 valence electrons. The van der Waals surface area contributed by atoms with Crippen LogP contribution < -0.4 is 4.90 Å². The number of hydrogen-bond acceptors (Lipinski definition) is 6. The number of aliphatic hydroxyl groups is 1. The van der Waals surface area contributed by atoms with Gasteiger partial charge < -0.3 is 24.2 Å². The minimum atomic E-state index is -0.114. The van der Waals surface area contributed by atoms with Crippen molar-refractivity contribution in [3.63, 3.8) is 0 Å². The zero-order chi connectivity index (χ0) is 20.9. The fourth-order valence-corrected chi connectivity index (χ4v) is 4.37. The zero-order valence-corrected chi connectivity index (χ0v) is 17.1. The van der Waals surface area contributed by atoms with Crippen LogP contribution in [0.2, 0.25) is 0 Å². The molecule has 2 amide bonds. The van der Waals surface area contributed by atoms with Gasteiger partial charge in [-0.2, -0.15) is 0 Å². The number of carbonyl (C=O) groups excluding carboxylic acids is 2. The van der Waals surface area contributed by atoms with Gasteiger partial charge >= 0.3 is 0 Å². The molecule has 1 N–H and O–H groups in total. The number of carbonyl (C=O) groups is 2. The maximum Gasteiger partial charge on any atom is 0.289 e. The van der Waals surface area contributed by atoms with Crippen LogP contribution in [0.3, 0.4) is 0 Å². The van der Waals surface area contributed by atoms with Crippen molar-refractivity contribution >= 4 is 17.6 Å². The van der Waals surface area contributed by atoms with E-state index in [1.54, 1.807) is 29.3 Å². The van der Waals surface area contributed by atoms with Gasteiger partial charge in [-0.1, -0.05) is 0 Å². The van der Waals surface area contributed by atoms with Gasteiger partial charge in [-0.15, -0.1) is 0 Å². The number of furan rings is 1. The van der Waals surface area contributed by atoms with Crippen molar-refractivity contribution < 1.29 is 19.1 Å². The Hall–Kier alpha value is -2.87. The molecule has 1 unspecified atom stereocenters. The molecule has 2 aromatic rings. The summed E-state index contributed by atoms with van der Waals surface area (Å²) < 4.78 is 5.22. The van der Waals surface area contributed by atoms with Gasteiger partial charge in [0.2, 0.25) is 0 Å². The number of piperazine rings is 1. The van der Waals surface area contributed by atoms with E-state index >= 15 is 0 Å². The predicted molar refractivity (Wildman–Crippen MR) is 111 cm³/mol. The molecule has 2 saturated heterocycles. The van der Waals surface area contributed by atoms with E-state index in [1.807, 2.05) is 11.0 Å². The fraction of sp³-hybridized carbons (Fsp3) is 0.500. The number of aromatic nitrogens is 1. The lowest BCUT2D eigenvalue weighted by Gasteiger charge is -2.38. The van der Waals surface area contributed by atoms with E-state index in [0.717, 1.165) is 19.3 Å². The van der Waals surface area contributed by atoms with Gasteiger partial charge in [0.25, 0.3) is 11.8 Å². The number of rotatable bonds is 5. The van der Waals surface area contributed by atoms with Gasteiger partial charge in [-0.05, 0) is 49.9 Å². The largest absolute Gasteiger partial charge is 0.459 e. The monoisotopic (exact) mass is 412 g/mol. The molecule has 0 bridgehead atoms. The van der Waals surface area contributed by atoms with Gasteiger partial charge in [0, 0.05) is 51.6 Å². The summed E-state index contributed by atoms with van der Waals surface area (Å²) in [6, 6.07) is 7.08. The van der Waals surface area contributed by atoms with E-state index in [-0.39, 0.29) is 24.5 Å². The van der Waals surface area contributed by atoms with Crippen molar-refractivity contribution in [3.05, 3.63) is 48.0 Å². The zero-order valence-electron chi connectivity index (χ0n) is 17.1. The highest BCUT2D eigenvalue weighted by molar-refractivity contribution is 5.99. The molecule has 0 spiro atoms. The Kier molecular flexibility index (Phi) is 6.32. The van der Waals surface area contributed by atoms with Gasteiger partial charge in [0.15, 0.2) is 5.76 Å². The summed E-state index contributed by atoms with van der Waals surface area (Å²) in [6.07, 6.45) is 6.80. The summed E-state index contributed by atoms with van der Waals surface area (Å²) in [4.78, 5) is 36.1. The van der Waals surface area contributed by atoms with Gasteiger partial charge in [0.1, 0.15) is 5.82 Å². The maximum absolute atomic E-state index is 13.4. The van der Waals surface area contributed by atoms with Gasteiger partial charge in [-0.25, -0.2) is 4.98 Å². The normalized spacial score (nSPS) is 19.8. The third-order valence-corrected chi connectivity index (χ3v) is 5.97. The second-order valence-electron chi connectivity index (χ2n) is 7.79. The molecule has 30 heavy (non-hydrogen) atoms. The molecule has 8 heteroatoms. The Morgan fingerprint density at radius 1 is 1.07 bits per heavy atom. The lowest BCUT2D eigenvalue weighted by molar-refractivity contribution is 0.0573. The summed E-state index contributed by atoms with van der Waals surface area (Å²) in [5.41, 5.74) is 0.591. The van der Waals surface area contributed by atoms with E-state index < -0.39 is 0 Å². The molecule has 0 radical (unpaired) electrons. The number of hydrogen-bond donors (Lipinski definition) is 1. The molecule has 0 aromatic carbocycles. The van der Waals surface area contributed by atoms with Crippen LogP contribution >= 0.6 is 0 Å². The number of anilines is 1. The van der Waals surface area contributed by atoms with Gasteiger partial charge in [-0.3, -0.25) is 9.59 Å². The first kappa shape index (κ1) is 20.4. The number of aliphatic hydroxyl groups excluding tert-OH is 1. The maximum atomic E-state index is 13.4. The first-order valence-corrected chi connectivity index (χ1v) is 10.6. The van der Waals surface area contributed by atoms with E-state index in [1.165, 1.54) is 6.26 Å². The average molecular weight is 412 g/mol. The average Bonchev–Trinajstić information content (AvgIpc) is 3.34. The van der Waals surface area contributed by atoms with Crippen LogP contribution in [0.25, 0.3) is 0 Å². The minimum absolute atomic E-state index is 0.0228. The van der Waals surface area contributed by atoms with Crippen LogP contribution in [0, 0.1) is 0 Å². The molecule has 4 heterocycles. The van der Waals surface area contributed by atoms with Crippen molar-refractivity contribution in [1.82, 2.24) is 14.8 Å². The molecule has 2 aliphatic heterocycles. The van der Waals surface area contributed by atoms with E-state index in [0.29, 0.717) is 56.3 Å². The molecule has 2 aliphatic rings. The smallest absolute Gasteiger partial charge is 0.289 e. The first-order chi connectivity index (χ1) is 14.7. The Morgan fingerprint density at radius 3 is 2.63 bits per heavy atom. The standard InChI is InChI=1S/C22H28N4O4/c27-15-8-17-5-1-2-10-26(17)21(28)18-6-3-9-23-20(18)24-11-13-25(14-12-24)22(29)19-7-4-16-30-19/h3-4,6-7,9,16-17,27H,1-2,5,8,10-15H2. The third kappa shape index (κ3) is 4.18. The molecule has 2 aromatic heterocycles. The minimum Gasteiger partial charge on any atom is -0.459 e. The number of piperidine rings is 1. The fourth-order valence-electron chi connectivity index (χ4n) is 4.37. The van der Waals surface area contributed by atoms with Crippen LogP contribution in [-0.2, 0) is 0 Å². The third-order valence-electron chi connectivity index (χ3n) is 5.97. The quantitative estimate of drug-likeness (QED) is 0.808. The molecule has 0 saturated carbocycles. The first-order valence-electron chi connectivity index (χ1n) is 10.6. The lowest BCUT2D eigenvalue weighted by Crippen LogP contribution is -2.50. The number of amides is 2. The van der Waals surface area contributed by atoms with Crippen molar-refractivity contribution in [1.29, 1.82) is 0 Å². The van der Waals surface area contributed by atoms with Crippen LogP contribution in [0.1, 0.15) is 46.6 Å². The van der Waals surface area contributed by atoms with Crippen LogP contribution in [-0.4, -0.2) is 77.1 Å². The number of likely N-dealkylation sites (tertiary alicyclic amines) is 1. The number of pyridine rings is 1. The second kappa shape index (κ2) is 9.30. The molecular weight excluding hydrogens is 384 g/mol. The van der Waals surface area contributed by atoms with E-state index in [9.17, 15) is 14.7 Å². The highest BCUT2D eigenvalue weighted by atomic mass is 16.3. The van der Waals surface area contributed by atoms with E-state index in [2.05, 4.69) is 9.88 Å². The molecular formula is C22H28N4O4. The van der Waals surface area contributed by atoms with Crippen molar-refractivity contribution in [3.8, 4) is 0 Å². The lowest BCUT2D eigenvalue weighted by atomic mass is 9.98. The summed E-state index contributed by atoms with van der Waals surface area (Å²) in [5, 5.41) is 9.39. The Labute approximate surface area is 176 Å². The Morgan fingerprint density at radius 2 is 1.90 bits per heavy atom. The topological polar surface area (TPSA) is 90.1 Å². The van der Waals surface area contributed by atoms with Crippen LogP contribution in [0.4, 0.5) is 5.82 Å². The van der Waals surface area contributed by atoms with E-state index in [4.69, 9.17) is 4.42 Å². The summed E-state index contributed by atoms with van der Waals surface area (Å²) in [5.74, 6) is 0.876. The Bertz CT molecular complexity index is 860. The predicted octanol–water partition coefficient (Wildman–Crippen LogP) is 2.01. The van der Waals surface area contributed by atoms with Crippen molar-refractivity contribution in [2.75, 3.05) is 44.2 Å². The number of nitrogens with zero attached hydrogens (tertiary/aromatic N) is 4. The molecule has 0 aliphatic carbocycles. The summed E-state index contributed by atoms with van der Waals surface area (Å²) >= 11 is 0. The molecule has 4 rings (SSSR count). The van der Waals surface area contributed by atoms with Crippen molar-refractivity contribution in [2.45, 2.75) is 31.7 Å². The van der Waals surface area contributed by atoms with Crippen LogP contribution in [0.5, 0.6) is 0 Å². The second-order valence-corrected chi connectivity index (χ2v) is 7.79. The molecule has 8 nitrogen and oxygen atoms in total. The molecule has 1 atom stereocenters. The van der Waals surface area contributed by atoms with Crippen LogP contribution in [0.15, 0.2) is 41.1 Å². The summed E-state index contributed by atoms with van der Waals surface area (Å²) in [6.45, 7) is 3.08. The van der Waals surface area contributed by atoms with Crippen molar-refractivity contribution in [2.24, 2.45) is 0 Å². The highest BCUT2D eigenvalue weighted by Gasteiger charge is 2.31. The summed E-state index contributed by atoms with van der Waals surface area (Å²) in [7, 11) is 0. The molecule has 2 fully saturated rings.